The van der Waals surface area contributed by atoms with Gasteiger partial charge in [0.05, 0.1) is 10.6 Å². The lowest BCUT2D eigenvalue weighted by molar-refractivity contribution is -0.384. The van der Waals surface area contributed by atoms with Crippen molar-refractivity contribution in [1.29, 1.82) is 0 Å². The van der Waals surface area contributed by atoms with Gasteiger partial charge in [0.25, 0.3) is 11.2 Å². The van der Waals surface area contributed by atoms with Gasteiger partial charge in [0.15, 0.2) is 0 Å². The molecule has 0 aliphatic carbocycles. The third-order valence-electron chi connectivity index (χ3n) is 2.65. The van der Waals surface area contributed by atoms with Crippen molar-refractivity contribution in [2.24, 2.45) is 0 Å². The van der Waals surface area contributed by atoms with E-state index < -0.39 is 4.92 Å². The van der Waals surface area contributed by atoms with E-state index in [0.29, 0.717) is 17.8 Å². The van der Waals surface area contributed by atoms with E-state index >= 15 is 0 Å². The maximum atomic E-state index is 11.6. The van der Waals surface area contributed by atoms with Crippen LogP contribution in [0.4, 0.5) is 11.4 Å². The molecule has 2 aromatic rings. The predicted molar refractivity (Wildman–Crippen MR) is 70.7 cm³/mol. The molecule has 0 bridgehead atoms. The van der Waals surface area contributed by atoms with Crippen LogP contribution in [-0.2, 0) is 6.54 Å². The number of aromatic nitrogens is 2. The summed E-state index contributed by atoms with van der Waals surface area (Å²) in [6, 6.07) is 7.45. The highest BCUT2D eigenvalue weighted by molar-refractivity contribution is 5.64. The molecule has 19 heavy (non-hydrogen) atoms. The van der Waals surface area contributed by atoms with Gasteiger partial charge in [-0.15, -0.1) is 0 Å². The number of nitro groups is 1. The molecule has 0 amide bonds. The fourth-order valence-corrected chi connectivity index (χ4v) is 1.70. The summed E-state index contributed by atoms with van der Waals surface area (Å²) in [5, 5.41) is 14.9. The Labute approximate surface area is 108 Å². The topological polar surface area (TPSA) is 104 Å². The molecule has 0 radical (unpaired) electrons. The molecule has 7 heteroatoms. The molecule has 0 aliphatic heterocycles. The minimum atomic E-state index is -0.483. The monoisotopic (exact) mass is 260 g/mol. The van der Waals surface area contributed by atoms with E-state index in [9.17, 15) is 14.9 Å². The zero-order chi connectivity index (χ0) is 14.0. The van der Waals surface area contributed by atoms with Gasteiger partial charge in [0, 0.05) is 24.2 Å². The first-order valence-electron chi connectivity index (χ1n) is 5.65. The number of nitrogens with zero attached hydrogens (tertiary/aromatic N) is 3. The van der Waals surface area contributed by atoms with Crippen LogP contribution in [0.25, 0.3) is 11.3 Å². The minimum Gasteiger partial charge on any atom is -0.394 e. The van der Waals surface area contributed by atoms with E-state index in [1.165, 1.54) is 22.9 Å². The number of aryl methyl sites for hydroxylation is 1. The smallest absolute Gasteiger partial charge is 0.289 e. The van der Waals surface area contributed by atoms with Crippen molar-refractivity contribution in [1.82, 2.24) is 9.78 Å². The number of benzene rings is 1. The van der Waals surface area contributed by atoms with E-state index in [2.05, 4.69) is 5.10 Å². The molecule has 98 valence electrons. The van der Waals surface area contributed by atoms with Gasteiger partial charge in [-0.25, -0.2) is 4.68 Å². The standard InChI is InChI=1S/C12H12N4O3/c1-2-15-12(17)10(13)7-11(14-15)8-4-3-5-9(6-8)16(18)19/h3-7H,2,13H2,1H3. The van der Waals surface area contributed by atoms with Crippen LogP contribution in [0.2, 0.25) is 0 Å². The fraction of sp³-hybridized carbons (Fsp3) is 0.167. The summed E-state index contributed by atoms with van der Waals surface area (Å²) < 4.78 is 1.23. The number of non-ortho nitro benzene ring substituents is 1. The SMILES string of the molecule is CCn1nc(-c2cccc([N+](=O)[O-])c2)cc(N)c1=O. The molecule has 0 saturated carbocycles. The first-order valence-corrected chi connectivity index (χ1v) is 5.65. The van der Waals surface area contributed by atoms with Crippen molar-refractivity contribution in [3.8, 4) is 11.3 Å². The van der Waals surface area contributed by atoms with E-state index in [0.717, 1.165) is 0 Å². The van der Waals surface area contributed by atoms with Crippen molar-refractivity contribution < 1.29 is 4.92 Å². The first-order chi connectivity index (χ1) is 9.02. The van der Waals surface area contributed by atoms with Crippen molar-refractivity contribution in [2.45, 2.75) is 13.5 Å². The van der Waals surface area contributed by atoms with Crippen LogP contribution >= 0.6 is 0 Å². The van der Waals surface area contributed by atoms with Crippen molar-refractivity contribution in [3.05, 3.63) is 50.8 Å². The second-order valence-electron chi connectivity index (χ2n) is 3.91. The summed E-state index contributed by atoms with van der Waals surface area (Å²) in [5.74, 6) is 0. The second kappa shape index (κ2) is 4.89. The Morgan fingerprint density at radius 3 is 2.79 bits per heavy atom. The molecule has 0 aliphatic rings. The van der Waals surface area contributed by atoms with Crippen LogP contribution in [0.15, 0.2) is 35.1 Å². The molecule has 0 atom stereocenters. The summed E-state index contributed by atoms with van der Waals surface area (Å²) >= 11 is 0. The Morgan fingerprint density at radius 2 is 2.16 bits per heavy atom. The quantitative estimate of drug-likeness (QED) is 0.663. The highest BCUT2D eigenvalue weighted by atomic mass is 16.6. The Kier molecular flexibility index (Phi) is 3.28. The van der Waals surface area contributed by atoms with Crippen molar-refractivity contribution >= 4 is 11.4 Å². The fourth-order valence-electron chi connectivity index (χ4n) is 1.70. The highest BCUT2D eigenvalue weighted by Crippen LogP contribution is 2.22. The number of hydrogen-bond donors (Lipinski definition) is 1. The normalized spacial score (nSPS) is 10.4. The third-order valence-corrected chi connectivity index (χ3v) is 2.65. The lowest BCUT2D eigenvalue weighted by atomic mass is 10.1. The van der Waals surface area contributed by atoms with Gasteiger partial charge in [-0.3, -0.25) is 14.9 Å². The maximum Gasteiger partial charge on any atom is 0.289 e. The zero-order valence-electron chi connectivity index (χ0n) is 10.2. The molecule has 0 spiro atoms. The highest BCUT2D eigenvalue weighted by Gasteiger charge is 2.10. The van der Waals surface area contributed by atoms with Gasteiger partial charge in [-0.05, 0) is 13.0 Å². The Balaban J connectivity index is 2.59. The summed E-state index contributed by atoms with van der Waals surface area (Å²) in [6.07, 6.45) is 0. The summed E-state index contributed by atoms with van der Waals surface area (Å²) in [6.45, 7) is 2.15. The van der Waals surface area contributed by atoms with Gasteiger partial charge in [-0.1, -0.05) is 12.1 Å². The average Bonchev–Trinajstić information content (AvgIpc) is 2.41. The molecule has 2 N–H and O–H groups in total. The largest absolute Gasteiger partial charge is 0.394 e. The predicted octanol–water partition coefficient (Wildman–Crippen LogP) is 1.42. The number of anilines is 1. The van der Waals surface area contributed by atoms with Crippen molar-refractivity contribution in [3.63, 3.8) is 0 Å². The van der Waals surface area contributed by atoms with E-state index in [1.54, 1.807) is 19.1 Å². The van der Waals surface area contributed by atoms with Gasteiger partial charge in [-0.2, -0.15) is 5.10 Å². The summed E-state index contributed by atoms with van der Waals surface area (Å²) in [5.41, 5.74) is 6.27. The molecule has 1 aromatic heterocycles. The van der Waals surface area contributed by atoms with Gasteiger partial charge in [0.2, 0.25) is 0 Å². The molecular weight excluding hydrogens is 248 g/mol. The molecule has 7 nitrogen and oxygen atoms in total. The molecule has 1 heterocycles. The van der Waals surface area contributed by atoms with E-state index in [-0.39, 0.29) is 16.9 Å². The third kappa shape index (κ3) is 2.44. The number of nitrogen functional groups attached to an aromatic ring is 1. The Morgan fingerprint density at radius 1 is 1.42 bits per heavy atom. The van der Waals surface area contributed by atoms with Crippen LogP contribution in [0.3, 0.4) is 0 Å². The number of rotatable bonds is 3. The van der Waals surface area contributed by atoms with Crippen LogP contribution < -0.4 is 11.3 Å². The van der Waals surface area contributed by atoms with E-state index in [1.807, 2.05) is 0 Å². The Hall–Kier alpha value is -2.70. The molecular formula is C12H12N4O3. The Bertz CT molecular complexity index is 694. The number of nitro benzene ring substituents is 1. The van der Waals surface area contributed by atoms with Gasteiger partial charge >= 0.3 is 0 Å². The van der Waals surface area contributed by atoms with Crippen molar-refractivity contribution in [2.75, 3.05) is 5.73 Å². The minimum absolute atomic E-state index is 0.0351. The molecule has 0 fully saturated rings. The van der Waals surface area contributed by atoms with Crippen LogP contribution in [0, 0.1) is 10.1 Å². The lowest BCUT2D eigenvalue weighted by Gasteiger charge is -2.06. The van der Waals surface area contributed by atoms with Gasteiger partial charge in [0.1, 0.15) is 5.69 Å². The summed E-state index contributed by atoms with van der Waals surface area (Å²) in [7, 11) is 0. The molecule has 2 rings (SSSR count). The maximum absolute atomic E-state index is 11.6. The summed E-state index contributed by atoms with van der Waals surface area (Å²) in [4.78, 5) is 21.9. The molecule has 1 aromatic carbocycles. The second-order valence-corrected chi connectivity index (χ2v) is 3.91. The number of hydrogen-bond acceptors (Lipinski definition) is 5. The lowest BCUT2D eigenvalue weighted by Crippen LogP contribution is -2.24. The molecule has 0 unspecified atom stereocenters. The van der Waals surface area contributed by atoms with Crippen LogP contribution in [0.1, 0.15) is 6.92 Å². The first kappa shape index (κ1) is 12.7. The average molecular weight is 260 g/mol. The van der Waals surface area contributed by atoms with Crippen LogP contribution in [-0.4, -0.2) is 14.7 Å². The number of nitrogens with two attached hydrogens (primary N) is 1. The molecule has 0 saturated heterocycles. The zero-order valence-corrected chi connectivity index (χ0v) is 10.2. The van der Waals surface area contributed by atoms with Gasteiger partial charge < -0.3 is 5.73 Å². The van der Waals surface area contributed by atoms with Crippen LogP contribution in [0.5, 0.6) is 0 Å². The van der Waals surface area contributed by atoms with E-state index in [4.69, 9.17) is 5.73 Å².